The van der Waals surface area contributed by atoms with Gasteiger partial charge >= 0.3 is 0 Å². The van der Waals surface area contributed by atoms with Gasteiger partial charge < -0.3 is 15.5 Å². The maximum absolute atomic E-state index is 12.9. The van der Waals surface area contributed by atoms with Gasteiger partial charge in [-0.15, -0.1) is 21.5 Å². The van der Waals surface area contributed by atoms with E-state index in [9.17, 15) is 9.59 Å². The van der Waals surface area contributed by atoms with Crippen LogP contribution in [0.1, 0.15) is 28.5 Å². The van der Waals surface area contributed by atoms with Crippen LogP contribution in [0.25, 0.3) is 11.6 Å². The fourth-order valence-corrected chi connectivity index (χ4v) is 4.85. The van der Waals surface area contributed by atoms with Crippen molar-refractivity contribution in [2.45, 2.75) is 31.1 Å². The number of nitrogens with zero attached hydrogens (tertiary/aromatic N) is 3. The summed E-state index contributed by atoms with van der Waals surface area (Å²) in [5, 5.41) is 14.0. The molecule has 0 saturated carbocycles. The minimum Gasteiger partial charge on any atom is -0.461 e. The average molecular weight is 482 g/mol. The topological polar surface area (TPSA) is 116 Å². The molecule has 0 spiro atoms. The zero-order chi connectivity index (χ0) is 23.2. The number of carbonyl (C=O) groups is 2. The summed E-state index contributed by atoms with van der Waals surface area (Å²) in [6, 6.07) is 15.4. The fourth-order valence-electron chi connectivity index (χ4n) is 3.27. The molecule has 0 fully saturated rings. The number of nitrogens with two attached hydrogens (primary N) is 1. The molecule has 1 unspecified atom stereocenters. The van der Waals surface area contributed by atoms with Crippen LogP contribution in [0.4, 0.5) is 0 Å². The van der Waals surface area contributed by atoms with Crippen molar-refractivity contribution in [3.63, 3.8) is 0 Å². The minimum absolute atomic E-state index is 0.124. The third kappa shape index (κ3) is 5.71. The lowest BCUT2D eigenvalue weighted by Gasteiger charge is -2.18. The van der Waals surface area contributed by atoms with Crippen LogP contribution >= 0.6 is 23.1 Å². The molecular formula is C23H23N5O3S2. The Labute approximate surface area is 199 Å². The quantitative estimate of drug-likeness (QED) is 0.333. The first kappa shape index (κ1) is 22.8. The van der Waals surface area contributed by atoms with E-state index in [-0.39, 0.29) is 24.1 Å². The Morgan fingerprint density at radius 3 is 2.67 bits per heavy atom. The van der Waals surface area contributed by atoms with Gasteiger partial charge in [0.1, 0.15) is 0 Å². The number of aryl methyl sites for hydroxylation is 1. The average Bonchev–Trinajstić information content (AvgIpc) is 3.57. The highest BCUT2D eigenvalue weighted by atomic mass is 32.2. The van der Waals surface area contributed by atoms with Gasteiger partial charge in [0.2, 0.25) is 11.8 Å². The zero-order valence-corrected chi connectivity index (χ0v) is 19.6. The van der Waals surface area contributed by atoms with Crippen molar-refractivity contribution in [2.75, 3.05) is 5.75 Å². The van der Waals surface area contributed by atoms with Gasteiger partial charge in [0, 0.05) is 17.8 Å². The van der Waals surface area contributed by atoms with Crippen LogP contribution in [0.2, 0.25) is 0 Å². The summed E-state index contributed by atoms with van der Waals surface area (Å²) < 4.78 is 7.18. The van der Waals surface area contributed by atoms with E-state index in [0.29, 0.717) is 23.3 Å². The summed E-state index contributed by atoms with van der Waals surface area (Å²) in [5.41, 5.74) is 7.51. The van der Waals surface area contributed by atoms with Crippen LogP contribution in [0.3, 0.4) is 0 Å². The molecule has 8 nitrogen and oxygen atoms in total. The Balaban J connectivity index is 1.48. The van der Waals surface area contributed by atoms with Crippen molar-refractivity contribution >= 4 is 34.9 Å². The summed E-state index contributed by atoms with van der Waals surface area (Å²) in [7, 11) is 0. The predicted octanol–water partition coefficient (Wildman–Crippen LogP) is 3.78. The van der Waals surface area contributed by atoms with E-state index < -0.39 is 5.91 Å². The van der Waals surface area contributed by atoms with Crippen LogP contribution in [0.5, 0.6) is 0 Å². The van der Waals surface area contributed by atoms with Gasteiger partial charge in [-0.1, -0.05) is 47.7 Å². The van der Waals surface area contributed by atoms with Crippen molar-refractivity contribution in [1.82, 2.24) is 20.1 Å². The molecule has 0 radical (unpaired) electrons. The standard InChI is InChI=1S/C23H23N5O3S2/c1-15-6-8-16(9-7-15)21(18-5-3-13-32-18)25-20(30)14-33-23-27-26-22(17-4-2-12-31-17)28(23)11-10-19(24)29/h2-9,12-13,21H,10-11,14H2,1H3,(H2,24,29)(H,25,30). The van der Waals surface area contributed by atoms with Crippen molar-refractivity contribution in [3.8, 4) is 11.6 Å². The van der Waals surface area contributed by atoms with Crippen molar-refractivity contribution < 1.29 is 14.0 Å². The Kier molecular flexibility index (Phi) is 7.26. The van der Waals surface area contributed by atoms with Crippen LogP contribution in [-0.2, 0) is 16.1 Å². The predicted molar refractivity (Wildman–Crippen MR) is 128 cm³/mol. The van der Waals surface area contributed by atoms with Gasteiger partial charge in [0.25, 0.3) is 0 Å². The third-order valence-corrected chi connectivity index (χ3v) is 6.82. The second-order valence-corrected chi connectivity index (χ2v) is 9.29. The number of hydrogen-bond acceptors (Lipinski definition) is 7. The second kappa shape index (κ2) is 10.5. The number of nitrogens with one attached hydrogen (secondary N) is 1. The van der Waals surface area contributed by atoms with Crippen LogP contribution in [0, 0.1) is 6.92 Å². The molecule has 33 heavy (non-hydrogen) atoms. The number of thiophene rings is 1. The summed E-state index contributed by atoms with van der Waals surface area (Å²) >= 11 is 2.85. The first-order valence-electron chi connectivity index (χ1n) is 10.3. The molecule has 4 rings (SSSR count). The third-order valence-electron chi connectivity index (χ3n) is 4.92. The maximum atomic E-state index is 12.9. The number of amides is 2. The van der Waals surface area contributed by atoms with E-state index in [1.165, 1.54) is 11.8 Å². The van der Waals surface area contributed by atoms with Gasteiger partial charge in [-0.3, -0.25) is 14.2 Å². The van der Waals surface area contributed by atoms with E-state index in [2.05, 4.69) is 15.5 Å². The summed E-state index contributed by atoms with van der Waals surface area (Å²) in [5.74, 6) is 0.587. The SMILES string of the molecule is Cc1ccc(C(NC(=O)CSc2nnc(-c3ccco3)n2CCC(N)=O)c2cccs2)cc1. The van der Waals surface area contributed by atoms with Crippen LogP contribution in [0.15, 0.2) is 69.7 Å². The van der Waals surface area contributed by atoms with Crippen molar-refractivity contribution in [3.05, 3.63) is 76.2 Å². The molecule has 0 aliphatic rings. The second-order valence-electron chi connectivity index (χ2n) is 7.37. The van der Waals surface area contributed by atoms with E-state index >= 15 is 0 Å². The molecule has 3 aromatic heterocycles. The van der Waals surface area contributed by atoms with Gasteiger partial charge in [-0.05, 0) is 36.1 Å². The molecule has 1 atom stereocenters. The number of hydrogen-bond donors (Lipinski definition) is 2. The molecule has 170 valence electrons. The summed E-state index contributed by atoms with van der Waals surface area (Å²) in [6.45, 7) is 2.33. The molecule has 10 heteroatoms. The van der Waals surface area contributed by atoms with E-state index in [0.717, 1.165) is 16.0 Å². The van der Waals surface area contributed by atoms with Gasteiger partial charge in [0.05, 0.1) is 18.1 Å². The Hall–Kier alpha value is -3.37. The lowest BCUT2D eigenvalue weighted by atomic mass is 10.0. The normalized spacial score (nSPS) is 11.9. The maximum Gasteiger partial charge on any atom is 0.231 e. The lowest BCUT2D eigenvalue weighted by molar-refractivity contribution is -0.119. The highest BCUT2D eigenvalue weighted by Crippen LogP contribution is 2.28. The summed E-state index contributed by atoms with van der Waals surface area (Å²) in [6.07, 6.45) is 1.66. The molecule has 3 heterocycles. The van der Waals surface area contributed by atoms with E-state index in [4.69, 9.17) is 10.2 Å². The molecular weight excluding hydrogens is 458 g/mol. The first-order chi connectivity index (χ1) is 16.0. The lowest BCUT2D eigenvalue weighted by Crippen LogP contribution is -2.30. The molecule has 2 amide bonds. The number of thioether (sulfide) groups is 1. The monoisotopic (exact) mass is 481 g/mol. The highest BCUT2D eigenvalue weighted by Gasteiger charge is 2.21. The number of benzene rings is 1. The highest BCUT2D eigenvalue weighted by molar-refractivity contribution is 7.99. The molecule has 0 saturated heterocycles. The molecule has 4 aromatic rings. The van der Waals surface area contributed by atoms with Crippen molar-refractivity contribution in [1.29, 1.82) is 0 Å². The van der Waals surface area contributed by atoms with Crippen LogP contribution in [-0.4, -0.2) is 32.3 Å². The largest absolute Gasteiger partial charge is 0.461 e. The van der Waals surface area contributed by atoms with Crippen molar-refractivity contribution in [2.24, 2.45) is 5.73 Å². The number of carbonyl (C=O) groups excluding carboxylic acids is 2. The van der Waals surface area contributed by atoms with Gasteiger partial charge in [0.15, 0.2) is 16.7 Å². The zero-order valence-electron chi connectivity index (χ0n) is 17.9. The number of aromatic nitrogens is 3. The number of primary amides is 1. The van der Waals surface area contributed by atoms with Gasteiger partial charge in [-0.2, -0.15) is 0 Å². The Bertz CT molecular complexity index is 1200. The van der Waals surface area contributed by atoms with Crippen LogP contribution < -0.4 is 11.1 Å². The fraction of sp³-hybridized carbons (Fsp3) is 0.217. The first-order valence-corrected chi connectivity index (χ1v) is 12.2. The molecule has 3 N–H and O–H groups in total. The van der Waals surface area contributed by atoms with Gasteiger partial charge in [-0.25, -0.2) is 0 Å². The molecule has 0 bridgehead atoms. The summed E-state index contributed by atoms with van der Waals surface area (Å²) in [4.78, 5) is 25.3. The Morgan fingerprint density at radius 2 is 2.00 bits per heavy atom. The Morgan fingerprint density at radius 1 is 1.18 bits per heavy atom. The molecule has 0 aliphatic heterocycles. The van der Waals surface area contributed by atoms with E-state index in [1.54, 1.807) is 34.3 Å². The molecule has 1 aromatic carbocycles. The smallest absolute Gasteiger partial charge is 0.231 e. The minimum atomic E-state index is -0.431. The molecule has 0 aliphatic carbocycles. The number of furan rings is 1. The number of rotatable bonds is 10. The van der Waals surface area contributed by atoms with E-state index in [1.807, 2.05) is 48.7 Å².